The van der Waals surface area contributed by atoms with Crippen molar-refractivity contribution in [3.05, 3.63) is 28.8 Å². The van der Waals surface area contributed by atoms with Crippen LogP contribution in [0, 0.1) is 0 Å². The van der Waals surface area contributed by atoms with Crippen molar-refractivity contribution in [3.8, 4) is 0 Å². The molecular weight excluding hydrogens is 220 g/mol. The summed E-state index contributed by atoms with van der Waals surface area (Å²) >= 11 is 1.83. The molecular formula is C12H14N2OS. The van der Waals surface area contributed by atoms with Gasteiger partial charge in [-0.05, 0) is 37.0 Å². The monoisotopic (exact) mass is 234 g/mol. The molecule has 2 N–H and O–H groups in total. The molecule has 1 heterocycles. The molecule has 84 valence electrons. The van der Waals surface area contributed by atoms with Crippen molar-refractivity contribution in [2.24, 2.45) is 5.90 Å². The van der Waals surface area contributed by atoms with Gasteiger partial charge in [-0.2, -0.15) is 0 Å². The van der Waals surface area contributed by atoms with Gasteiger partial charge in [0.2, 0.25) is 0 Å². The van der Waals surface area contributed by atoms with Gasteiger partial charge in [-0.25, -0.2) is 10.9 Å². The molecule has 1 aromatic carbocycles. The molecule has 3 nitrogen and oxygen atoms in total. The van der Waals surface area contributed by atoms with Crippen molar-refractivity contribution >= 4 is 21.6 Å². The fraction of sp³-hybridized carbons (Fsp3) is 0.417. The zero-order chi connectivity index (χ0) is 11.0. The van der Waals surface area contributed by atoms with Crippen molar-refractivity contribution < 1.29 is 4.84 Å². The highest BCUT2D eigenvalue weighted by Crippen LogP contribution is 2.43. The predicted octanol–water partition coefficient (Wildman–Crippen LogP) is 2.61. The highest BCUT2D eigenvalue weighted by Gasteiger charge is 2.26. The van der Waals surface area contributed by atoms with Crippen LogP contribution in [0.25, 0.3) is 10.2 Å². The Morgan fingerprint density at radius 1 is 1.44 bits per heavy atom. The number of nitrogens with zero attached hydrogens (tertiary/aromatic N) is 1. The summed E-state index contributed by atoms with van der Waals surface area (Å²) in [5.41, 5.74) is 2.37. The van der Waals surface area contributed by atoms with Crippen LogP contribution in [0.15, 0.2) is 18.2 Å². The highest BCUT2D eigenvalue weighted by atomic mass is 32.1. The van der Waals surface area contributed by atoms with E-state index in [0.717, 1.165) is 17.9 Å². The van der Waals surface area contributed by atoms with E-state index >= 15 is 0 Å². The van der Waals surface area contributed by atoms with Crippen LogP contribution in [-0.2, 0) is 11.3 Å². The van der Waals surface area contributed by atoms with Gasteiger partial charge < -0.3 is 4.84 Å². The highest BCUT2D eigenvalue weighted by molar-refractivity contribution is 7.18. The Kier molecular flexibility index (Phi) is 2.63. The topological polar surface area (TPSA) is 48.1 Å². The Morgan fingerprint density at radius 2 is 2.31 bits per heavy atom. The first-order valence-electron chi connectivity index (χ1n) is 5.58. The van der Waals surface area contributed by atoms with Gasteiger partial charge in [0, 0.05) is 5.92 Å². The van der Waals surface area contributed by atoms with Crippen molar-refractivity contribution in [2.75, 3.05) is 6.61 Å². The first kappa shape index (κ1) is 10.2. The standard InChI is InChI=1S/C12H14N2OS/c13-15-6-5-8-1-4-11-10(7-8)14-12(16-11)9-2-3-9/h1,4,7,9H,2-3,5-6,13H2. The molecule has 16 heavy (non-hydrogen) atoms. The lowest BCUT2D eigenvalue weighted by atomic mass is 10.1. The lowest BCUT2D eigenvalue weighted by molar-refractivity contribution is 0.141. The number of fused-ring (bicyclic) bond motifs is 1. The second kappa shape index (κ2) is 4.13. The van der Waals surface area contributed by atoms with Crippen LogP contribution >= 0.6 is 11.3 Å². The van der Waals surface area contributed by atoms with Crippen LogP contribution < -0.4 is 5.90 Å². The lowest BCUT2D eigenvalue weighted by Gasteiger charge is -1.98. The molecule has 0 aliphatic heterocycles. The molecule has 0 atom stereocenters. The first-order chi connectivity index (χ1) is 7.86. The second-order valence-corrected chi connectivity index (χ2v) is 5.31. The van der Waals surface area contributed by atoms with Gasteiger partial charge in [0.25, 0.3) is 0 Å². The third-order valence-electron chi connectivity index (χ3n) is 2.90. The fourth-order valence-electron chi connectivity index (χ4n) is 1.83. The van der Waals surface area contributed by atoms with Crippen LogP contribution in [-0.4, -0.2) is 11.6 Å². The zero-order valence-corrected chi connectivity index (χ0v) is 9.80. The lowest BCUT2D eigenvalue weighted by Crippen LogP contribution is -2.03. The fourth-order valence-corrected chi connectivity index (χ4v) is 2.94. The Hall–Kier alpha value is -0.970. The summed E-state index contributed by atoms with van der Waals surface area (Å²) in [7, 11) is 0. The number of hydrogen-bond acceptors (Lipinski definition) is 4. The van der Waals surface area contributed by atoms with Gasteiger partial charge in [0.1, 0.15) is 0 Å². The maximum Gasteiger partial charge on any atom is 0.0969 e. The summed E-state index contributed by atoms with van der Waals surface area (Å²) in [4.78, 5) is 9.28. The molecule has 2 aromatic rings. The van der Waals surface area contributed by atoms with Crippen LogP contribution in [0.4, 0.5) is 0 Å². The molecule has 4 heteroatoms. The molecule has 0 amide bonds. The zero-order valence-electron chi connectivity index (χ0n) is 8.98. The molecule has 1 aliphatic rings. The van der Waals surface area contributed by atoms with E-state index in [1.807, 2.05) is 11.3 Å². The summed E-state index contributed by atoms with van der Waals surface area (Å²) in [5, 5.41) is 1.31. The Labute approximate surface area is 98.2 Å². The van der Waals surface area contributed by atoms with E-state index in [2.05, 4.69) is 28.0 Å². The quantitative estimate of drug-likeness (QED) is 0.827. The molecule has 3 rings (SSSR count). The summed E-state index contributed by atoms with van der Waals surface area (Å²) in [6.45, 7) is 0.561. The second-order valence-electron chi connectivity index (χ2n) is 4.25. The molecule has 1 fully saturated rings. The number of nitrogens with two attached hydrogens (primary N) is 1. The molecule has 0 radical (unpaired) electrons. The Morgan fingerprint density at radius 3 is 3.06 bits per heavy atom. The minimum atomic E-state index is 0.561. The Bertz CT molecular complexity index is 505. The molecule has 1 aliphatic carbocycles. The van der Waals surface area contributed by atoms with E-state index in [1.54, 1.807) is 0 Å². The van der Waals surface area contributed by atoms with Gasteiger partial charge in [0.15, 0.2) is 0 Å². The predicted molar refractivity (Wildman–Crippen MR) is 65.4 cm³/mol. The Balaban J connectivity index is 1.90. The minimum Gasteiger partial charge on any atom is -0.304 e. The van der Waals surface area contributed by atoms with Crippen molar-refractivity contribution in [1.82, 2.24) is 4.98 Å². The molecule has 0 unspecified atom stereocenters. The van der Waals surface area contributed by atoms with Crippen LogP contribution in [0.2, 0.25) is 0 Å². The maximum absolute atomic E-state index is 5.03. The minimum absolute atomic E-state index is 0.561. The number of hydrogen-bond donors (Lipinski definition) is 1. The van der Waals surface area contributed by atoms with Crippen LogP contribution in [0.1, 0.15) is 29.3 Å². The molecule has 1 saturated carbocycles. The normalized spacial score (nSPS) is 15.8. The van der Waals surface area contributed by atoms with Gasteiger partial charge in [0.05, 0.1) is 21.8 Å². The van der Waals surface area contributed by atoms with Crippen molar-refractivity contribution in [2.45, 2.75) is 25.2 Å². The molecule has 0 spiro atoms. The van der Waals surface area contributed by atoms with Crippen LogP contribution in [0.5, 0.6) is 0 Å². The smallest absolute Gasteiger partial charge is 0.0969 e. The third kappa shape index (κ3) is 1.96. The number of thiazole rings is 1. The van der Waals surface area contributed by atoms with E-state index in [4.69, 9.17) is 5.90 Å². The van der Waals surface area contributed by atoms with E-state index in [1.165, 1.54) is 28.1 Å². The van der Waals surface area contributed by atoms with E-state index < -0.39 is 0 Å². The number of aromatic nitrogens is 1. The third-order valence-corrected chi connectivity index (χ3v) is 4.10. The van der Waals surface area contributed by atoms with E-state index in [0.29, 0.717) is 6.61 Å². The van der Waals surface area contributed by atoms with E-state index in [-0.39, 0.29) is 0 Å². The van der Waals surface area contributed by atoms with Crippen molar-refractivity contribution in [1.29, 1.82) is 0 Å². The SMILES string of the molecule is NOCCc1ccc2sc(C3CC3)nc2c1. The van der Waals surface area contributed by atoms with Gasteiger partial charge in [-0.1, -0.05) is 6.07 Å². The maximum atomic E-state index is 5.03. The summed E-state index contributed by atoms with van der Waals surface area (Å²) in [6.07, 6.45) is 3.48. The molecule has 0 bridgehead atoms. The van der Waals surface area contributed by atoms with Crippen LogP contribution in [0.3, 0.4) is 0 Å². The first-order valence-corrected chi connectivity index (χ1v) is 6.39. The van der Waals surface area contributed by atoms with Gasteiger partial charge in [-0.15, -0.1) is 11.3 Å². The average Bonchev–Trinajstić information content (AvgIpc) is 3.06. The average molecular weight is 234 g/mol. The summed E-state index contributed by atoms with van der Waals surface area (Å²) in [6, 6.07) is 6.44. The summed E-state index contributed by atoms with van der Waals surface area (Å²) in [5.74, 6) is 5.77. The summed E-state index contributed by atoms with van der Waals surface area (Å²) < 4.78 is 1.29. The van der Waals surface area contributed by atoms with Gasteiger partial charge in [-0.3, -0.25) is 0 Å². The molecule has 0 saturated heterocycles. The number of benzene rings is 1. The number of rotatable bonds is 4. The van der Waals surface area contributed by atoms with Crippen molar-refractivity contribution in [3.63, 3.8) is 0 Å². The van der Waals surface area contributed by atoms with Gasteiger partial charge >= 0.3 is 0 Å². The molecule has 1 aromatic heterocycles. The largest absolute Gasteiger partial charge is 0.304 e. The van der Waals surface area contributed by atoms with E-state index in [9.17, 15) is 0 Å².